The van der Waals surface area contributed by atoms with Crippen LogP contribution in [0.3, 0.4) is 0 Å². The van der Waals surface area contributed by atoms with Crippen molar-refractivity contribution in [2.24, 2.45) is 17.8 Å². The predicted molar refractivity (Wildman–Crippen MR) is 195 cm³/mol. The van der Waals surface area contributed by atoms with Crippen LogP contribution < -0.4 is 10.6 Å². The van der Waals surface area contributed by atoms with E-state index in [2.05, 4.69) is 21.5 Å². The Morgan fingerprint density at radius 1 is 1.00 bits per heavy atom. The second-order valence-electron chi connectivity index (χ2n) is 14.7. The molecule has 0 spiro atoms. The van der Waals surface area contributed by atoms with Crippen LogP contribution in [0, 0.1) is 30.1 Å². The van der Waals surface area contributed by atoms with Gasteiger partial charge in [-0.2, -0.15) is 0 Å². The third-order valence-electron chi connectivity index (χ3n) is 10.1. The summed E-state index contributed by atoms with van der Waals surface area (Å²) in [5.41, 5.74) is 0.813. The molecule has 10 nitrogen and oxygen atoms in total. The Kier molecular flexibility index (Phi) is 17.6. The Morgan fingerprint density at radius 2 is 1.65 bits per heavy atom. The quantitative estimate of drug-likeness (QED) is 0.152. The minimum atomic E-state index is -3.81. The first kappa shape index (κ1) is 40.9. The molecule has 11 heteroatoms. The average molecular weight is 703 g/mol. The standard InChI is InChI=1S/C38H62N4O6S/c1-5-6-20-33(38(46)40-34(27-31-18-12-8-13-19-31)36(44)35(43)25-29(2)3)39-37(45)32(26-30-16-10-7-11-17-30)28-49(47,48)41(4)23-24-42-21-14-9-15-22-42/h1,7,10-11,16-17,29,31-36,43-44H,6,8-9,12-15,18-28H2,2-4H3,(H,39,45)(H,40,46)/t32?,33-,34?,35-,36?/m0/s1. The van der Waals surface area contributed by atoms with Gasteiger partial charge in [-0.1, -0.05) is 82.7 Å². The molecule has 2 fully saturated rings. The van der Waals surface area contributed by atoms with E-state index in [0.717, 1.165) is 57.2 Å². The molecule has 3 unspecified atom stereocenters. The van der Waals surface area contributed by atoms with Gasteiger partial charge in [0.25, 0.3) is 0 Å². The molecule has 1 aromatic carbocycles. The summed E-state index contributed by atoms with van der Waals surface area (Å²) in [6.07, 6.45) is 13.6. The Balaban J connectivity index is 1.78. The highest BCUT2D eigenvalue weighted by atomic mass is 32.2. The number of hydrogen-bond donors (Lipinski definition) is 4. The minimum Gasteiger partial charge on any atom is -0.390 e. The number of sulfonamides is 1. The molecule has 1 heterocycles. The van der Waals surface area contributed by atoms with Crippen molar-refractivity contribution in [2.45, 2.75) is 122 Å². The number of carbonyl (C=O) groups is 2. The maximum absolute atomic E-state index is 14.0. The lowest BCUT2D eigenvalue weighted by molar-refractivity contribution is -0.132. The number of terminal acetylenes is 1. The van der Waals surface area contributed by atoms with E-state index >= 15 is 0 Å². The first-order valence-corrected chi connectivity index (χ1v) is 20.1. The number of aliphatic hydroxyl groups excluding tert-OH is 2. The van der Waals surface area contributed by atoms with E-state index in [1.807, 2.05) is 44.2 Å². The largest absolute Gasteiger partial charge is 0.390 e. The third kappa shape index (κ3) is 14.3. The lowest BCUT2D eigenvalue weighted by Gasteiger charge is -2.34. The molecule has 49 heavy (non-hydrogen) atoms. The fourth-order valence-electron chi connectivity index (χ4n) is 7.14. The second kappa shape index (κ2) is 21.0. The number of likely N-dealkylation sites (tertiary alicyclic amines) is 1. The molecule has 0 aromatic heterocycles. The highest BCUT2D eigenvalue weighted by Gasteiger charge is 2.35. The van der Waals surface area contributed by atoms with Gasteiger partial charge in [0.05, 0.1) is 23.8 Å². The summed E-state index contributed by atoms with van der Waals surface area (Å²) in [5, 5.41) is 27.9. The van der Waals surface area contributed by atoms with E-state index < -0.39 is 57.8 Å². The average Bonchev–Trinajstić information content (AvgIpc) is 3.08. The number of likely N-dealkylation sites (N-methyl/N-ethyl adjacent to an activating group) is 1. The second-order valence-corrected chi connectivity index (χ2v) is 16.9. The molecule has 1 saturated heterocycles. The summed E-state index contributed by atoms with van der Waals surface area (Å²) in [6, 6.07) is 7.52. The predicted octanol–water partition coefficient (Wildman–Crippen LogP) is 3.71. The molecule has 4 N–H and O–H groups in total. The maximum Gasteiger partial charge on any atom is 0.242 e. The van der Waals surface area contributed by atoms with Crippen molar-refractivity contribution in [3.05, 3.63) is 35.9 Å². The minimum absolute atomic E-state index is 0.148. The molecule has 2 aliphatic rings. The van der Waals surface area contributed by atoms with Crippen molar-refractivity contribution < 1.29 is 28.2 Å². The number of amides is 2. The van der Waals surface area contributed by atoms with Crippen molar-refractivity contribution in [3.8, 4) is 12.3 Å². The summed E-state index contributed by atoms with van der Waals surface area (Å²) in [7, 11) is -2.25. The van der Waals surface area contributed by atoms with Crippen molar-refractivity contribution in [2.75, 3.05) is 39.0 Å². The first-order chi connectivity index (χ1) is 23.4. The van der Waals surface area contributed by atoms with Gasteiger partial charge in [0.1, 0.15) is 12.1 Å². The topological polar surface area (TPSA) is 139 Å². The van der Waals surface area contributed by atoms with E-state index in [1.165, 1.54) is 17.1 Å². The van der Waals surface area contributed by atoms with Crippen LogP contribution in [0.1, 0.15) is 96.5 Å². The van der Waals surface area contributed by atoms with Crippen molar-refractivity contribution in [3.63, 3.8) is 0 Å². The molecule has 1 aliphatic heterocycles. The Morgan fingerprint density at radius 3 is 2.29 bits per heavy atom. The molecule has 2 amide bonds. The molecule has 1 aliphatic carbocycles. The number of nitrogens with zero attached hydrogens (tertiary/aromatic N) is 2. The van der Waals surface area contributed by atoms with Gasteiger partial charge >= 0.3 is 0 Å². The summed E-state index contributed by atoms with van der Waals surface area (Å²) in [6.45, 7) is 6.83. The van der Waals surface area contributed by atoms with Crippen molar-refractivity contribution >= 4 is 21.8 Å². The van der Waals surface area contributed by atoms with Gasteiger partial charge < -0.3 is 25.7 Å². The van der Waals surface area contributed by atoms with E-state index in [9.17, 15) is 28.2 Å². The zero-order valence-corrected chi connectivity index (χ0v) is 30.9. The molecule has 1 aromatic rings. The molecular weight excluding hydrogens is 641 g/mol. The Hall–Kier alpha value is -2.49. The smallest absolute Gasteiger partial charge is 0.242 e. The van der Waals surface area contributed by atoms with Crippen LogP contribution in [0.2, 0.25) is 0 Å². The van der Waals surface area contributed by atoms with Gasteiger partial charge in [-0.3, -0.25) is 9.59 Å². The van der Waals surface area contributed by atoms with Crippen LogP contribution in [-0.2, 0) is 26.0 Å². The van der Waals surface area contributed by atoms with E-state index in [1.54, 1.807) is 7.05 Å². The van der Waals surface area contributed by atoms with Crippen LogP contribution in [-0.4, -0.2) is 103 Å². The van der Waals surface area contributed by atoms with Gasteiger partial charge in [-0.25, -0.2) is 12.7 Å². The number of rotatable bonds is 20. The summed E-state index contributed by atoms with van der Waals surface area (Å²) in [5.74, 6) is 0.604. The van der Waals surface area contributed by atoms with Crippen LogP contribution >= 0.6 is 0 Å². The highest BCUT2D eigenvalue weighted by molar-refractivity contribution is 7.89. The van der Waals surface area contributed by atoms with E-state index in [0.29, 0.717) is 31.8 Å². The highest BCUT2D eigenvalue weighted by Crippen LogP contribution is 2.29. The fourth-order valence-corrected chi connectivity index (χ4v) is 8.53. The third-order valence-corrected chi connectivity index (χ3v) is 12.1. The fraction of sp³-hybridized carbons (Fsp3) is 0.737. The normalized spacial score (nSPS) is 19.5. The van der Waals surface area contributed by atoms with Gasteiger partial charge in [0, 0.05) is 26.6 Å². The van der Waals surface area contributed by atoms with Crippen molar-refractivity contribution in [1.82, 2.24) is 19.8 Å². The first-order valence-electron chi connectivity index (χ1n) is 18.5. The van der Waals surface area contributed by atoms with Gasteiger partial charge in [0.15, 0.2) is 0 Å². The number of piperidine rings is 1. The Labute approximate surface area is 295 Å². The molecular formula is C38H62N4O6S. The lowest BCUT2D eigenvalue weighted by atomic mass is 9.82. The Bertz CT molecular complexity index is 1270. The molecule has 0 radical (unpaired) electrons. The molecule has 5 atom stereocenters. The summed E-state index contributed by atoms with van der Waals surface area (Å²) in [4.78, 5) is 30.1. The van der Waals surface area contributed by atoms with Gasteiger partial charge in [0.2, 0.25) is 21.8 Å². The lowest BCUT2D eigenvalue weighted by Crippen LogP contribution is -2.56. The monoisotopic (exact) mass is 702 g/mol. The number of aliphatic hydroxyl groups is 2. The molecule has 1 saturated carbocycles. The SMILES string of the molecule is C#CCC[C@H](NC(=O)C(Cc1ccccc1)CS(=O)(=O)N(C)CCN1CCCCC1)C(=O)NC(CC1CCCCC1)C(O)[C@@H](O)CC(C)C. The summed E-state index contributed by atoms with van der Waals surface area (Å²) < 4.78 is 28.6. The maximum atomic E-state index is 14.0. The molecule has 0 bridgehead atoms. The van der Waals surface area contributed by atoms with Crippen LogP contribution in [0.15, 0.2) is 30.3 Å². The number of hydrogen-bond acceptors (Lipinski definition) is 7. The molecule has 3 rings (SSSR count). The molecule has 276 valence electrons. The van der Waals surface area contributed by atoms with Crippen molar-refractivity contribution in [1.29, 1.82) is 0 Å². The van der Waals surface area contributed by atoms with Gasteiger partial charge in [-0.15, -0.1) is 12.3 Å². The van der Waals surface area contributed by atoms with Crippen LogP contribution in [0.5, 0.6) is 0 Å². The van der Waals surface area contributed by atoms with E-state index in [-0.39, 0.29) is 25.2 Å². The zero-order valence-electron chi connectivity index (χ0n) is 30.1. The number of carbonyl (C=O) groups excluding carboxylic acids is 2. The van der Waals surface area contributed by atoms with Gasteiger partial charge in [-0.05, 0) is 69.0 Å². The van der Waals surface area contributed by atoms with E-state index in [4.69, 9.17) is 6.42 Å². The summed E-state index contributed by atoms with van der Waals surface area (Å²) >= 11 is 0. The number of benzene rings is 1. The van der Waals surface area contributed by atoms with Crippen LogP contribution in [0.25, 0.3) is 0 Å². The zero-order chi connectivity index (χ0) is 35.8. The number of nitrogens with one attached hydrogen (secondary N) is 2. The van der Waals surface area contributed by atoms with Crippen LogP contribution in [0.4, 0.5) is 0 Å².